The number of thiophene rings is 1. The molecule has 1 aliphatic carbocycles. The van der Waals surface area contributed by atoms with Gasteiger partial charge in [0.1, 0.15) is 5.82 Å². The molecule has 100 valence electrons. The average molecular weight is 340 g/mol. The van der Waals surface area contributed by atoms with E-state index in [-0.39, 0.29) is 11.2 Å². The molecule has 1 nitrogen and oxygen atoms in total. The summed E-state index contributed by atoms with van der Waals surface area (Å²) in [4.78, 5) is 1.33. The van der Waals surface area contributed by atoms with E-state index >= 15 is 0 Å². The Morgan fingerprint density at radius 3 is 2.47 bits per heavy atom. The molecule has 19 heavy (non-hydrogen) atoms. The third-order valence-corrected chi connectivity index (χ3v) is 5.33. The normalized spacial score (nSPS) is 16.5. The van der Waals surface area contributed by atoms with E-state index in [1.165, 1.54) is 27.1 Å². The Kier molecular flexibility index (Phi) is 3.74. The van der Waals surface area contributed by atoms with Gasteiger partial charge in [0.2, 0.25) is 0 Å². The van der Waals surface area contributed by atoms with E-state index in [0.29, 0.717) is 0 Å². The number of benzene rings is 1. The molecule has 0 atom stereocenters. The van der Waals surface area contributed by atoms with Crippen molar-refractivity contribution in [1.82, 2.24) is 5.32 Å². The predicted octanol–water partition coefficient (Wildman–Crippen LogP) is 4.47. The molecule has 1 fully saturated rings. The summed E-state index contributed by atoms with van der Waals surface area (Å²) in [5.41, 5.74) is 1.50. The van der Waals surface area contributed by atoms with Crippen molar-refractivity contribution in [3.05, 3.63) is 56.4 Å². The van der Waals surface area contributed by atoms with Crippen LogP contribution < -0.4 is 5.32 Å². The highest BCUT2D eigenvalue weighted by molar-refractivity contribution is 9.11. The molecule has 0 saturated heterocycles. The lowest BCUT2D eigenvalue weighted by atomic mass is 9.96. The molecule has 1 aliphatic rings. The molecule has 0 unspecified atom stereocenters. The maximum absolute atomic E-state index is 13.0. The third-order valence-electron chi connectivity index (χ3n) is 3.70. The molecular weight excluding hydrogens is 325 g/mol. The molecule has 1 aromatic heterocycles. The summed E-state index contributed by atoms with van der Waals surface area (Å²) < 4.78 is 14.1. The topological polar surface area (TPSA) is 12.0 Å². The fourth-order valence-electron chi connectivity index (χ4n) is 2.39. The summed E-state index contributed by atoms with van der Waals surface area (Å²) in [7, 11) is 0. The summed E-state index contributed by atoms with van der Waals surface area (Å²) in [5.74, 6) is -0.157. The van der Waals surface area contributed by atoms with Crippen molar-refractivity contribution in [3.8, 4) is 0 Å². The number of hydrogen-bond donors (Lipinski definition) is 1. The second-order valence-electron chi connectivity index (χ2n) is 5.10. The lowest BCUT2D eigenvalue weighted by Gasteiger charge is -2.16. The van der Waals surface area contributed by atoms with Crippen LogP contribution in [0.4, 0.5) is 4.39 Å². The fourth-order valence-corrected chi connectivity index (χ4v) is 3.85. The molecular formula is C15H15BrFNS. The Labute approximate surface area is 125 Å². The van der Waals surface area contributed by atoms with Crippen LogP contribution in [-0.4, -0.2) is 6.54 Å². The fraction of sp³-hybridized carbons (Fsp3) is 0.333. The maximum Gasteiger partial charge on any atom is 0.123 e. The molecule has 1 heterocycles. The van der Waals surface area contributed by atoms with Crippen molar-refractivity contribution in [2.75, 3.05) is 6.54 Å². The summed E-state index contributed by atoms with van der Waals surface area (Å²) >= 11 is 5.24. The molecule has 0 radical (unpaired) electrons. The van der Waals surface area contributed by atoms with Crippen LogP contribution in [0.5, 0.6) is 0 Å². The molecule has 0 aliphatic heterocycles. The molecule has 1 aromatic carbocycles. The van der Waals surface area contributed by atoms with Crippen LogP contribution >= 0.6 is 27.3 Å². The highest BCUT2D eigenvalue weighted by atomic mass is 79.9. The van der Waals surface area contributed by atoms with Crippen molar-refractivity contribution in [2.45, 2.75) is 24.8 Å². The second kappa shape index (κ2) is 5.35. The summed E-state index contributed by atoms with van der Waals surface area (Å²) in [6.45, 7) is 1.87. The first-order valence-electron chi connectivity index (χ1n) is 6.39. The standard InChI is InChI=1S/C15H15BrFNS/c16-14-6-5-13(19-14)9-18-10-15(7-8-15)11-1-3-12(17)4-2-11/h1-6,18H,7-10H2. The maximum atomic E-state index is 13.0. The van der Waals surface area contributed by atoms with E-state index in [0.717, 1.165) is 13.1 Å². The van der Waals surface area contributed by atoms with Gasteiger partial charge in [-0.3, -0.25) is 0 Å². The zero-order valence-electron chi connectivity index (χ0n) is 10.5. The van der Waals surface area contributed by atoms with E-state index in [9.17, 15) is 4.39 Å². The van der Waals surface area contributed by atoms with Crippen LogP contribution in [0.2, 0.25) is 0 Å². The first-order valence-corrected chi connectivity index (χ1v) is 8.00. The van der Waals surface area contributed by atoms with Crippen LogP contribution in [0.15, 0.2) is 40.2 Å². The van der Waals surface area contributed by atoms with Gasteiger partial charge in [-0.1, -0.05) is 12.1 Å². The highest BCUT2D eigenvalue weighted by Crippen LogP contribution is 2.47. The van der Waals surface area contributed by atoms with E-state index < -0.39 is 0 Å². The van der Waals surface area contributed by atoms with Gasteiger partial charge in [-0.05, 0) is 58.6 Å². The van der Waals surface area contributed by atoms with Crippen LogP contribution in [-0.2, 0) is 12.0 Å². The number of halogens is 2. The Morgan fingerprint density at radius 2 is 1.89 bits per heavy atom. The van der Waals surface area contributed by atoms with Gasteiger partial charge in [0.05, 0.1) is 3.79 Å². The summed E-state index contributed by atoms with van der Waals surface area (Å²) in [6, 6.07) is 11.2. The summed E-state index contributed by atoms with van der Waals surface area (Å²) in [5, 5.41) is 3.53. The Morgan fingerprint density at radius 1 is 1.16 bits per heavy atom. The van der Waals surface area contributed by atoms with Gasteiger partial charge in [0, 0.05) is 23.4 Å². The van der Waals surface area contributed by atoms with E-state index in [4.69, 9.17) is 0 Å². The molecule has 1 N–H and O–H groups in total. The van der Waals surface area contributed by atoms with E-state index in [1.54, 1.807) is 23.5 Å². The minimum atomic E-state index is -0.157. The van der Waals surface area contributed by atoms with Crippen molar-refractivity contribution >= 4 is 27.3 Å². The monoisotopic (exact) mass is 339 g/mol. The van der Waals surface area contributed by atoms with Crippen molar-refractivity contribution in [3.63, 3.8) is 0 Å². The van der Waals surface area contributed by atoms with Gasteiger partial charge in [-0.2, -0.15) is 0 Å². The average Bonchev–Trinajstić information content (AvgIpc) is 3.07. The van der Waals surface area contributed by atoms with Gasteiger partial charge < -0.3 is 5.32 Å². The summed E-state index contributed by atoms with van der Waals surface area (Å²) in [6.07, 6.45) is 2.39. The zero-order valence-corrected chi connectivity index (χ0v) is 12.9. The molecule has 4 heteroatoms. The zero-order chi connectivity index (χ0) is 13.3. The van der Waals surface area contributed by atoms with Gasteiger partial charge in [0.15, 0.2) is 0 Å². The van der Waals surface area contributed by atoms with Gasteiger partial charge in [0.25, 0.3) is 0 Å². The number of nitrogens with one attached hydrogen (secondary N) is 1. The van der Waals surface area contributed by atoms with E-state index in [1.807, 2.05) is 12.1 Å². The van der Waals surface area contributed by atoms with Crippen LogP contribution in [0.1, 0.15) is 23.3 Å². The Balaban J connectivity index is 1.59. The van der Waals surface area contributed by atoms with Gasteiger partial charge in [-0.15, -0.1) is 11.3 Å². The van der Waals surface area contributed by atoms with Gasteiger partial charge >= 0.3 is 0 Å². The molecule has 0 spiro atoms. The molecule has 0 amide bonds. The predicted molar refractivity (Wildman–Crippen MR) is 81.0 cm³/mol. The number of rotatable bonds is 5. The van der Waals surface area contributed by atoms with Crippen LogP contribution in [0.25, 0.3) is 0 Å². The Hall–Kier alpha value is -0.710. The molecule has 3 rings (SSSR count). The quantitative estimate of drug-likeness (QED) is 0.847. The van der Waals surface area contributed by atoms with Crippen molar-refractivity contribution in [2.24, 2.45) is 0 Å². The largest absolute Gasteiger partial charge is 0.311 e. The first kappa shape index (κ1) is 13.3. The first-order chi connectivity index (χ1) is 9.18. The van der Waals surface area contributed by atoms with E-state index in [2.05, 4.69) is 33.4 Å². The minimum Gasteiger partial charge on any atom is -0.311 e. The van der Waals surface area contributed by atoms with Crippen LogP contribution in [0, 0.1) is 5.82 Å². The Bertz CT molecular complexity index is 560. The molecule has 2 aromatic rings. The molecule has 0 bridgehead atoms. The molecule has 1 saturated carbocycles. The second-order valence-corrected chi connectivity index (χ2v) is 7.64. The highest BCUT2D eigenvalue weighted by Gasteiger charge is 2.43. The SMILES string of the molecule is Fc1ccc(C2(CNCc3ccc(Br)s3)CC2)cc1. The van der Waals surface area contributed by atoms with Gasteiger partial charge in [-0.25, -0.2) is 4.39 Å². The van der Waals surface area contributed by atoms with Crippen molar-refractivity contribution < 1.29 is 4.39 Å². The van der Waals surface area contributed by atoms with Crippen LogP contribution in [0.3, 0.4) is 0 Å². The lowest BCUT2D eigenvalue weighted by Crippen LogP contribution is -2.26. The minimum absolute atomic E-state index is 0.157. The smallest absolute Gasteiger partial charge is 0.123 e. The third kappa shape index (κ3) is 3.07. The number of hydrogen-bond acceptors (Lipinski definition) is 2. The lowest BCUT2D eigenvalue weighted by molar-refractivity contribution is 0.574. The van der Waals surface area contributed by atoms with Crippen molar-refractivity contribution in [1.29, 1.82) is 0 Å².